The Morgan fingerprint density at radius 1 is 1.30 bits per heavy atom. The fourth-order valence-electron chi connectivity index (χ4n) is 1.42. The van der Waals surface area contributed by atoms with Crippen molar-refractivity contribution < 1.29 is 9.84 Å². The zero-order valence-electron chi connectivity index (χ0n) is 7.09. The maximum absolute atomic E-state index is 9.57. The molecule has 2 heteroatoms. The second-order valence-corrected chi connectivity index (χ2v) is 3.75. The molecule has 0 spiro atoms. The van der Waals surface area contributed by atoms with Crippen LogP contribution in [0.4, 0.5) is 0 Å². The monoisotopic (exact) mass is 144 g/mol. The van der Waals surface area contributed by atoms with E-state index in [1.807, 2.05) is 27.7 Å². The lowest BCUT2D eigenvalue weighted by molar-refractivity contribution is 0.0286. The maximum atomic E-state index is 9.57. The van der Waals surface area contributed by atoms with Crippen LogP contribution in [0.25, 0.3) is 0 Å². The van der Waals surface area contributed by atoms with E-state index in [0.29, 0.717) is 0 Å². The van der Waals surface area contributed by atoms with Crippen molar-refractivity contribution in [3.05, 3.63) is 0 Å². The first-order valence-corrected chi connectivity index (χ1v) is 3.79. The Bertz CT molecular complexity index is 131. The summed E-state index contributed by atoms with van der Waals surface area (Å²) in [5.74, 6) is 0. The van der Waals surface area contributed by atoms with Gasteiger partial charge in [-0.3, -0.25) is 0 Å². The number of ether oxygens (including phenoxy) is 1. The summed E-state index contributed by atoms with van der Waals surface area (Å²) < 4.78 is 5.44. The smallest absolute Gasteiger partial charge is 0.0874 e. The second-order valence-electron chi connectivity index (χ2n) is 3.75. The average Bonchev–Trinajstić information content (AvgIpc) is 1.97. The van der Waals surface area contributed by atoms with Gasteiger partial charge >= 0.3 is 0 Å². The minimum Gasteiger partial charge on any atom is -0.390 e. The van der Waals surface area contributed by atoms with E-state index in [2.05, 4.69) is 0 Å². The van der Waals surface area contributed by atoms with Gasteiger partial charge in [-0.05, 0) is 13.8 Å². The van der Waals surface area contributed by atoms with Gasteiger partial charge in [0.2, 0.25) is 0 Å². The lowest BCUT2D eigenvalue weighted by atomic mass is 9.82. The first kappa shape index (κ1) is 8.02. The van der Waals surface area contributed by atoms with Crippen LogP contribution in [0, 0.1) is 5.41 Å². The topological polar surface area (TPSA) is 29.5 Å². The standard InChI is InChI=1S/C8H16O2/c1-5-7(9)8(3,4)6(2)10-5/h5-7,9H,1-4H3. The van der Waals surface area contributed by atoms with Gasteiger partial charge in [0, 0.05) is 5.41 Å². The van der Waals surface area contributed by atoms with Crippen LogP contribution in [0.1, 0.15) is 27.7 Å². The van der Waals surface area contributed by atoms with Crippen LogP contribution in [0.15, 0.2) is 0 Å². The van der Waals surface area contributed by atoms with Crippen LogP contribution in [-0.2, 0) is 4.74 Å². The van der Waals surface area contributed by atoms with Gasteiger partial charge in [-0.25, -0.2) is 0 Å². The van der Waals surface area contributed by atoms with Crippen molar-refractivity contribution in [3.63, 3.8) is 0 Å². The normalized spacial score (nSPS) is 45.9. The summed E-state index contributed by atoms with van der Waals surface area (Å²) in [5.41, 5.74) is -0.0839. The Balaban J connectivity index is 2.75. The van der Waals surface area contributed by atoms with E-state index in [1.54, 1.807) is 0 Å². The molecule has 0 aliphatic carbocycles. The molecule has 0 saturated carbocycles. The van der Waals surface area contributed by atoms with Crippen molar-refractivity contribution in [3.8, 4) is 0 Å². The highest BCUT2D eigenvalue weighted by Crippen LogP contribution is 2.37. The molecule has 1 N–H and O–H groups in total. The Morgan fingerprint density at radius 3 is 1.90 bits per heavy atom. The van der Waals surface area contributed by atoms with Gasteiger partial charge in [-0.1, -0.05) is 13.8 Å². The number of aliphatic hydroxyl groups is 1. The third kappa shape index (κ3) is 0.956. The lowest BCUT2D eigenvalue weighted by Gasteiger charge is -2.25. The van der Waals surface area contributed by atoms with Crippen LogP contribution in [0.3, 0.4) is 0 Å². The van der Waals surface area contributed by atoms with Gasteiger partial charge in [0.05, 0.1) is 18.3 Å². The highest BCUT2D eigenvalue weighted by Gasteiger charge is 2.45. The predicted octanol–water partition coefficient (Wildman–Crippen LogP) is 1.18. The molecule has 0 aromatic carbocycles. The van der Waals surface area contributed by atoms with Crippen molar-refractivity contribution in [2.75, 3.05) is 0 Å². The van der Waals surface area contributed by atoms with E-state index >= 15 is 0 Å². The summed E-state index contributed by atoms with van der Waals surface area (Å²) in [5, 5.41) is 9.57. The van der Waals surface area contributed by atoms with E-state index in [4.69, 9.17) is 4.74 Å². The summed E-state index contributed by atoms with van der Waals surface area (Å²) in [4.78, 5) is 0. The van der Waals surface area contributed by atoms with Gasteiger partial charge < -0.3 is 9.84 Å². The van der Waals surface area contributed by atoms with Crippen molar-refractivity contribution in [1.82, 2.24) is 0 Å². The van der Waals surface area contributed by atoms with Gasteiger partial charge in [-0.2, -0.15) is 0 Å². The first-order chi connectivity index (χ1) is 4.46. The molecule has 3 atom stereocenters. The van der Waals surface area contributed by atoms with Crippen molar-refractivity contribution in [2.24, 2.45) is 5.41 Å². The zero-order chi connectivity index (χ0) is 7.94. The lowest BCUT2D eigenvalue weighted by Crippen LogP contribution is -2.33. The van der Waals surface area contributed by atoms with Crippen LogP contribution in [0.5, 0.6) is 0 Å². The summed E-state index contributed by atoms with van der Waals surface area (Å²) in [7, 11) is 0. The molecular formula is C8H16O2. The van der Waals surface area contributed by atoms with Gasteiger partial charge in [-0.15, -0.1) is 0 Å². The fourth-order valence-corrected chi connectivity index (χ4v) is 1.42. The minimum atomic E-state index is -0.317. The Kier molecular flexibility index (Phi) is 1.77. The van der Waals surface area contributed by atoms with Crippen molar-refractivity contribution in [1.29, 1.82) is 0 Å². The quantitative estimate of drug-likeness (QED) is 0.553. The molecule has 0 radical (unpaired) electrons. The maximum Gasteiger partial charge on any atom is 0.0874 e. The molecule has 1 heterocycles. The van der Waals surface area contributed by atoms with Crippen LogP contribution >= 0.6 is 0 Å². The Hall–Kier alpha value is -0.0800. The molecule has 1 aliphatic heterocycles. The van der Waals surface area contributed by atoms with Crippen molar-refractivity contribution >= 4 is 0 Å². The third-order valence-electron chi connectivity index (χ3n) is 2.67. The summed E-state index contributed by atoms with van der Waals surface area (Å²) >= 11 is 0. The molecular weight excluding hydrogens is 128 g/mol. The molecule has 60 valence electrons. The number of hydrogen-bond donors (Lipinski definition) is 1. The SMILES string of the molecule is CC1OC(C)C(C)(C)C1O. The second kappa shape index (κ2) is 2.21. The predicted molar refractivity (Wildman–Crippen MR) is 39.8 cm³/mol. The molecule has 3 unspecified atom stereocenters. The van der Waals surface area contributed by atoms with E-state index < -0.39 is 0 Å². The van der Waals surface area contributed by atoms with Gasteiger partial charge in [0.25, 0.3) is 0 Å². The van der Waals surface area contributed by atoms with Gasteiger partial charge in [0.1, 0.15) is 0 Å². The zero-order valence-corrected chi connectivity index (χ0v) is 7.09. The van der Waals surface area contributed by atoms with Crippen molar-refractivity contribution in [2.45, 2.75) is 46.0 Å². The minimum absolute atomic E-state index is 0.00926. The molecule has 0 amide bonds. The van der Waals surface area contributed by atoms with E-state index in [9.17, 15) is 5.11 Å². The largest absolute Gasteiger partial charge is 0.390 e. The van der Waals surface area contributed by atoms with E-state index in [0.717, 1.165) is 0 Å². The molecule has 0 aromatic heterocycles. The van der Waals surface area contributed by atoms with Gasteiger partial charge in [0.15, 0.2) is 0 Å². The number of aliphatic hydroxyl groups excluding tert-OH is 1. The van der Waals surface area contributed by atoms with Crippen LogP contribution in [-0.4, -0.2) is 23.4 Å². The number of hydrogen-bond acceptors (Lipinski definition) is 2. The summed E-state index contributed by atoms with van der Waals surface area (Å²) in [6.45, 7) is 7.99. The van der Waals surface area contributed by atoms with E-state index in [1.165, 1.54) is 0 Å². The number of rotatable bonds is 0. The Morgan fingerprint density at radius 2 is 1.80 bits per heavy atom. The molecule has 0 bridgehead atoms. The third-order valence-corrected chi connectivity index (χ3v) is 2.67. The highest BCUT2D eigenvalue weighted by atomic mass is 16.5. The molecule has 1 rings (SSSR count). The first-order valence-electron chi connectivity index (χ1n) is 3.79. The average molecular weight is 144 g/mol. The Labute approximate surface area is 62.2 Å². The molecule has 10 heavy (non-hydrogen) atoms. The summed E-state index contributed by atoms with van der Waals surface area (Å²) in [6.07, 6.45) is -0.162. The molecule has 2 nitrogen and oxygen atoms in total. The highest BCUT2D eigenvalue weighted by molar-refractivity contribution is 4.93. The van der Waals surface area contributed by atoms with Crippen LogP contribution in [0.2, 0.25) is 0 Å². The van der Waals surface area contributed by atoms with E-state index in [-0.39, 0.29) is 23.7 Å². The molecule has 1 aliphatic rings. The van der Waals surface area contributed by atoms with Crippen LogP contribution < -0.4 is 0 Å². The fraction of sp³-hybridized carbons (Fsp3) is 1.00. The summed E-state index contributed by atoms with van der Waals surface area (Å²) in [6, 6.07) is 0. The molecule has 0 aromatic rings. The molecule has 1 fully saturated rings. The molecule has 1 saturated heterocycles.